The standard InChI is InChI=1S/C17H21N7O/c1-11(2)9-24-16-13(8-19-24)6-14(7-18-16)17(25)22-4-5-23-12(3)20-21-15(23)10-22/h6-8,11H,4-5,9-10H2,1-3H3. The molecule has 1 amide bonds. The van der Waals surface area contributed by atoms with Gasteiger partial charge in [-0.2, -0.15) is 5.10 Å². The van der Waals surface area contributed by atoms with E-state index in [4.69, 9.17) is 0 Å². The van der Waals surface area contributed by atoms with Gasteiger partial charge >= 0.3 is 0 Å². The summed E-state index contributed by atoms with van der Waals surface area (Å²) in [5.74, 6) is 2.18. The fourth-order valence-corrected chi connectivity index (χ4v) is 3.23. The molecular formula is C17H21N7O. The van der Waals surface area contributed by atoms with Crippen molar-refractivity contribution in [3.8, 4) is 0 Å². The lowest BCUT2D eigenvalue weighted by atomic mass is 10.2. The number of hydrogen-bond donors (Lipinski definition) is 0. The first kappa shape index (κ1) is 15.7. The average Bonchev–Trinajstić information content (AvgIpc) is 3.17. The highest BCUT2D eigenvalue weighted by Crippen LogP contribution is 2.18. The van der Waals surface area contributed by atoms with E-state index < -0.39 is 0 Å². The van der Waals surface area contributed by atoms with Crippen LogP contribution in [0.15, 0.2) is 18.5 Å². The second kappa shape index (κ2) is 5.94. The normalized spacial score (nSPS) is 14.3. The highest BCUT2D eigenvalue weighted by Gasteiger charge is 2.24. The summed E-state index contributed by atoms with van der Waals surface area (Å²) < 4.78 is 3.95. The number of nitrogens with zero attached hydrogens (tertiary/aromatic N) is 7. The van der Waals surface area contributed by atoms with Gasteiger partial charge in [0, 0.05) is 31.2 Å². The van der Waals surface area contributed by atoms with Crippen LogP contribution in [0.1, 0.15) is 35.9 Å². The first-order valence-electron chi connectivity index (χ1n) is 8.52. The van der Waals surface area contributed by atoms with Crippen molar-refractivity contribution in [2.45, 2.75) is 40.4 Å². The fraction of sp³-hybridized carbons (Fsp3) is 0.471. The summed E-state index contributed by atoms with van der Waals surface area (Å²) in [6.07, 6.45) is 3.42. The van der Waals surface area contributed by atoms with Crippen molar-refractivity contribution < 1.29 is 4.79 Å². The van der Waals surface area contributed by atoms with Crippen LogP contribution in [0.3, 0.4) is 0 Å². The smallest absolute Gasteiger partial charge is 0.255 e. The quantitative estimate of drug-likeness (QED) is 0.724. The third-order valence-electron chi connectivity index (χ3n) is 4.49. The first-order valence-corrected chi connectivity index (χ1v) is 8.52. The largest absolute Gasteiger partial charge is 0.329 e. The molecule has 130 valence electrons. The molecule has 3 aromatic heterocycles. The molecule has 4 heterocycles. The third kappa shape index (κ3) is 2.77. The second-order valence-corrected chi connectivity index (χ2v) is 6.90. The monoisotopic (exact) mass is 339 g/mol. The number of carbonyl (C=O) groups excluding carboxylic acids is 1. The second-order valence-electron chi connectivity index (χ2n) is 6.90. The van der Waals surface area contributed by atoms with Gasteiger partial charge in [-0.25, -0.2) is 9.67 Å². The molecule has 4 rings (SSSR count). The Morgan fingerprint density at radius 1 is 1.24 bits per heavy atom. The van der Waals surface area contributed by atoms with Crippen LogP contribution in [0.2, 0.25) is 0 Å². The van der Waals surface area contributed by atoms with E-state index >= 15 is 0 Å². The Morgan fingerprint density at radius 3 is 2.88 bits per heavy atom. The van der Waals surface area contributed by atoms with Gasteiger partial charge in [-0.15, -0.1) is 10.2 Å². The Balaban J connectivity index is 1.58. The van der Waals surface area contributed by atoms with E-state index in [0.717, 1.165) is 35.8 Å². The topological polar surface area (TPSA) is 81.7 Å². The molecule has 8 heteroatoms. The van der Waals surface area contributed by atoms with Crippen molar-refractivity contribution in [3.63, 3.8) is 0 Å². The van der Waals surface area contributed by atoms with E-state index in [1.165, 1.54) is 0 Å². The number of rotatable bonds is 3. The van der Waals surface area contributed by atoms with Gasteiger partial charge in [0.15, 0.2) is 11.5 Å². The lowest BCUT2D eigenvalue weighted by Gasteiger charge is -2.27. The molecule has 0 saturated carbocycles. The Morgan fingerprint density at radius 2 is 2.08 bits per heavy atom. The number of aromatic nitrogens is 6. The molecule has 0 fully saturated rings. The van der Waals surface area contributed by atoms with E-state index in [9.17, 15) is 4.79 Å². The van der Waals surface area contributed by atoms with Crippen LogP contribution in [0.5, 0.6) is 0 Å². The Kier molecular flexibility index (Phi) is 3.74. The van der Waals surface area contributed by atoms with Gasteiger partial charge in [-0.1, -0.05) is 13.8 Å². The molecule has 0 aromatic carbocycles. The predicted octanol–water partition coefficient (Wildman–Crippen LogP) is 1.64. The summed E-state index contributed by atoms with van der Waals surface area (Å²) in [6, 6.07) is 1.87. The van der Waals surface area contributed by atoms with Crippen molar-refractivity contribution in [2.75, 3.05) is 6.54 Å². The minimum absolute atomic E-state index is 0.0297. The molecule has 0 aliphatic carbocycles. The number of aryl methyl sites for hydroxylation is 1. The van der Waals surface area contributed by atoms with E-state index in [2.05, 4.69) is 38.7 Å². The van der Waals surface area contributed by atoms with Crippen LogP contribution < -0.4 is 0 Å². The van der Waals surface area contributed by atoms with Crippen LogP contribution in [-0.2, 0) is 19.6 Å². The van der Waals surface area contributed by atoms with Crippen molar-refractivity contribution in [3.05, 3.63) is 35.7 Å². The Hall–Kier alpha value is -2.77. The zero-order chi connectivity index (χ0) is 17.6. The maximum atomic E-state index is 12.8. The van der Waals surface area contributed by atoms with Crippen molar-refractivity contribution >= 4 is 16.9 Å². The van der Waals surface area contributed by atoms with Gasteiger partial charge in [0.05, 0.1) is 18.3 Å². The van der Waals surface area contributed by atoms with Crippen LogP contribution in [-0.4, -0.2) is 46.9 Å². The van der Waals surface area contributed by atoms with E-state index in [1.54, 1.807) is 17.3 Å². The molecule has 1 aliphatic rings. The zero-order valence-corrected chi connectivity index (χ0v) is 14.7. The van der Waals surface area contributed by atoms with Gasteiger partial charge in [0.2, 0.25) is 0 Å². The molecule has 25 heavy (non-hydrogen) atoms. The zero-order valence-electron chi connectivity index (χ0n) is 14.7. The Labute approximate surface area is 145 Å². The number of pyridine rings is 1. The van der Waals surface area contributed by atoms with Gasteiger partial charge < -0.3 is 9.47 Å². The van der Waals surface area contributed by atoms with Crippen LogP contribution in [0.25, 0.3) is 11.0 Å². The molecule has 0 atom stereocenters. The minimum Gasteiger partial charge on any atom is -0.329 e. The maximum Gasteiger partial charge on any atom is 0.255 e. The highest BCUT2D eigenvalue weighted by molar-refractivity contribution is 5.96. The summed E-state index contributed by atoms with van der Waals surface area (Å²) in [5, 5.41) is 13.5. The minimum atomic E-state index is -0.0297. The van der Waals surface area contributed by atoms with Crippen LogP contribution >= 0.6 is 0 Å². The lowest BCUT2D eigenvalue weighted by molar-refractivity contribution is 0.0706. The molecule has 0 spiro atoms. The van der Waals surface area contributed by atoms with Gasteiger partial charge in [-0.3, -0.25) is 4.79 Å². The molecule has 0 bridgehead atoms. The maximum absolute atomic E-state index is 12.8. The molecule has 1 aliphatic heterocycles. The fourth-order valence-electron chi connectivity index (χ4n) is 3.23. The summed E-state index contributed by atoms with van der Waals surface area (Å²) in [5.41, 5.74) is 1.40. The molecule has 0 N–H and O–H groups in total. The van der Waals surface area contributed by atoms with E-state index in [1.807, 2.05) is 17.7 Å². The molecular weight excluding hydrogens is 318 g/mol. The molecule has 0 saturated heterocycles. The molecule has 3 aromatic rings. The van der Waals surface area contributed by atoms with Crippen molar-refractivity contribution in [1.29, 1.82) is 0 Å². The molecule has 0 radical (unpaired) electrons. The van der Waals surface area contributed by atoms with Crippen molar-refractivity contribution in [2.24, 2.45) is 5.92 Å². The summed E-state index contributed by atoms with van der Waals surface area (Å²) in [4.78, 5) is 19.1. The highest BCUT2D eigenvalue weighted by atomic mass is 16.2. The third-order valence-corrected chi connectivity index (χ3v) is 4.49. The molecule has 0 unspecified atom stereocenters. The van der Waals surface area contributed by atoms with Gasteiger partial charge in [0.1, 0.15) is 5.82 Å². The van der Waals surface area contributed by atoms with Crippen LogP contribution in [0, 0.1) is 12.8 Å². The summed E-state index contributed by atoms with van der Waals surface area (Å²) in [7, 11) is 0. The van der Waals surface area contributed by atoms with E-state index in [-0.39, 0.29) is 5.91 Å². The number of fused-ring (bicyclic) bond motifs is 2. The van der Waals surface area contributed by atoms with Crippen molar-refractivity contribution in [1.82, 2.24) is 34.4 Å². The Bertz CT molecular complexity index is 940. The van der Waals surface area contributed by atoms with Crippen LogP contribution in [0.4, 0.5) is 0 Å². The number of amides is 1. The SMILES string of the molecule is Cc1nnc2n1CCN(C(=O)c1cnc3c(cnn3CC(C)C)c1)C2. The van der Waals surface area contributed by atoms with Gasteiger partial charge in [-0.05, 0) is 18.9 Å². The molecule has 8 nitrogen and oxygen atoms in total. The summed E-state index contributed by atoms with van der Waals surface area (Å²) in [6.45, 7) is 8.87. The first-order chi connectivity index (χ1) is 12.0. The van der Waals surface area contributed by atoms with Gasteiger partial charge in [0.25, 0.3) is 5.91 Å². The predicted molar refractivity (Wildman–Crippen MR) is 91.9 cm³/mol. The number of hydrogen-bond acceptors (Lipinski definition) is 5. The van der Waals surface area contributed by atoms with E-state index in [0.29, 0.717) is 24.6 Å². The lowest BCUT2D eigenvalue weighted by Crippen LogP contribution is -2.38. The number of carbonyl (C=O) groups is 1. The average molecular weight is 339 g/mol. The summed E-state index contributed by atoms with van der Waals surface area (Å²) >= 11 is 0.